The molecule has 4 aliphatic rings. The zero-order chi connectivity index (χ0) is 31.7. The number of hydrogen-bond acceptors (Lipinski definition) is 7. The molecule has 0 aliphatic heterocycles. The van der Waals surface area contributed by atoms with Crippen LogP contribution in [0.15, 0.2) is 12.2 Å². The second kappa shape index (κ2) is 13.2. The Morgan fingerprint density at radius 1 is 0.907 bits per heavy atom. The van der Waals surface area contributed by atoms with Crippen LogP contribution in [0.1, 0.15) is 126 Å². The molecular weight excluding hydrogens is 540 g/mol. The highest BCUT2D eigenvalue weighted by molar-refractivity contribution is 5.79. The number of carbonyl (C=O) groups is 2. The van der Waals surface area contributed by atoms with Gasteiger partial charge in [0.25, 0.3) is 0 Å². The lowest BCUT2D eigenvalue weighted by atomic mass is 9.48. The molecular formula is C36H60N2O5. The van der Waals surface area contributed by atoms with E-state index in [0.717, 1.165) is 37.5 Å². The molecule has 3 fully saturated rings. The third-order valence-corrected chi connectivity index (χ3v) is 11.1. The fourth-order valence-corrected chi connectivity index (χ4v) is 9.08. The molecule has 10 atom stereocenters. The van der Waals surface area contributed by atoms with E-state index in [1.54, 1.807) is 0 Å². The summed E-state index contributed by atoms with van der Waals surface area (Å²) < 4.78 is 17.1. The van der Waals surface area contributed by atoms with Gasteiger partial charge in [-0.3, -0.25) is 15.0 Å². The summed E-state index contributed by atoms with van der Waals surface area (Å²) in [5, 5.41) is 8.47. The summed E-state index contributed by atoms with van der Waals surface area (Å²) in [7, 11) is 0. The Kier molecular flexibility index (Phi) is 10.5. The van der Waals surface area contributed by atoms with E-state index in [1.807, 2.05) is 41.5 Å². The Labute approximate surface area is 260 Å². The molecule has 0 heterocycles. The van der Waals surface area contributed by atoms with Crippen LogP contribution in [0.25, 0.3) is 0 Å². The highest BCUT2D eigenvalue weighted by Crippen LogP contribution is 2.62. The molecule has 0 aromatic heterocycles. The first kappa shape index (κ1) is 34.0. The molecule has 7 nitrogen and oxygen atoms in total. The van der Waals surface area contributed by atoms with Gasteiger partial charge in [-0.25, -0.2) is 0 Å². The Bertz CT molecular complexity index is 1040. The van der Waals surface area contributed by atoms with E-state index < -0.39 is 17.2 Å². The van der Waals surface area contributed by atoms with Crippen molar-refractivity contribution in [1.29, 1.82) is 5.41 Å². The van der Waals surface area contributed by atoms with Crippen molar-refractivity contribution in [3.63, 3.8) is 0 Å². The van der Waals surface area contributed by atoms with Crippen molar-refractivity contribution >= 4 is 17.8 Å². The average molecular weight is 601 g/mol. The third kappa shape index (κ3) is 8.43. The van der Waals surface area contributed by atoms with Crippen LogP contribution in [0.2, 0.25) is 0 Å². The Morgan fingerprint density at radius 2 is 1.51 bits per heavy atom. The number of esters is 2. The minimum atomic E-state index is -0.586. The van der Waals surface area contributed by atoms with E-state index in [4.69, 9.17) is 25.4 Å². The van der Waals surface area contributed by atoms with Crippen LogP contribution in [-0.2, 0) is 23.8 Å². The van der Waals surface area contributed by atoms with Crippen molar-refractivity contribution in [3.8, 4) is 0 Å². The van der Waals surface area contributed by atoms with Gasteiger partial charge in [0, 0.05) is 12.8 Å². The van der Waals surface area contributed by atoms with E-state index in [-0.39, 0.29) is 35.8 Å². The molecule has 0 bridgehead atoms. The first-order chi connectivity index (χ1) is 20.0. The van der Waals surface area contributed by atoms with E-state index in [1.165, 1.54) is 25.7 Å². The van der Waals surface area contributed by atoms with Crippen LogP contribution in [0.4, 0.5) is 0 Å². The Hall–Kier alpha value is -1.89. The molecule has 3 N–H and O–H groups in total. The topological polar surface area (TPSA) is 112 Å². The molecule has 43 heavy (non-hydrogen) atoms. The van der Waals surface area contributed by atoms with E-state index in [0.29, 0.717) is 42.4 Å². The molecule has 0 spiro atoms. The molecule has 244 valence electrons. The molecule has 0 amide bonds. The van der Waals surface area contributed by atoms with Crippen molar-refractivity contribution in [2.75, 3.05) is 0 Å². The fraction of sp³-hybridized carbons (Fsp3) is 0.861. The zero-order valence-corrected chi connectivity index (χ0v) is 28.2. The SMILES string of the molecule is C[C@H](CCC(=O)OC(C)(C)C)C1CC[C@@H]2C1C=C[C@H]1[C@H]2CC[C@@H]2C[C@H](OC(=N)[C@@H](N)CCC(=O)OC(C)(C)C)CC[C@@]21C. The van der Waals surface area contributed by atoms with Gasteiger partial charge in [0.05, 0.1) is 6.04 Å². The minimum absolute atomic E-state index is 0.0247. The fourth-order valence-electron chi connectivity index (χ4n) is 9.08. The normalized spacial score (nSPS) is 35.1. The van der Waals surface area contributed by atoms with E-state index >= 15 is 0 Å². The Morgan fingerprint density at radius 3 is 2.14 bits per heavy atom. The summed E-state index contributed by atoms with van der Waals surface area (Å²) in [5.41, 5.74) is 5.57. The van der Waals surface area contributed by atoms with Gasteiger partial charge < -0.3 is 19.9 Å². The first-order valence-electron chi connectivity index (χ1n) is 17.1. The van der Waals surface area contributed by atoms with Crippen molar-refractivity contribution in [3.05, 3.63) is 12.2 Å². The van der Waals surface area contributed by atoms with Crippen molar-refractivity contribution in [1.82, 2.24) is 0 Å². The van der Waals surface area contributed by atoms with E-state index in [2.05, 4.69) is 26.0 Å². The number of rotatable bonds is 9. The van der Waals surface area contributed by atoms with Crippen molar-refractivity contribution in [2.24, 2.45) is 52.6 Å². The number of nitrogens with two attached hydrogens (primary N) is 1. The van der Waals surface area contributed by atoms with Gasteiger partial charge in [-0.1, -0.05) is 26.0 Å². The van der Waals surface area contributed by atoms with Crippen LogP contribution >= 0.6 is 0 Å². The Balaban J connectivity index is 1.29. The number of fused-ring (bicyclic) bond motifs is 5. The lowest BCUT2D eigenvalue weighted by Gasteiger charge is -2.57. The van der Waals surface area contributed by atoms with Gasteiger partial charge >= 0.3 is 11.9 Å². The van der Waals surface area contributed by atoms with Crippen LogP contribution in [-0.4, -0.2) is 41.2 Å². The van der Waals surface area contributed by atoms with Crippen molar-refractivity contribution < 1.29 is 23.8 Å². The number of ether oxygens (including phenoxy) is 3. The van der Waals surface area contributed by atoms with Gasteiger partial charge in [-0.15, -0.1) is 0 Å². The molecule has 0 aromatic carbocycles. The second-order valence-corrected chi connectivity index (χ2v) is 16.5. The standard InChI is InChI=1S/C36H60N2O5/c1-22(9-17-31(39)42-34(2,3)4)25-12-13-27-26(25)14-15-29-28(27)11-10-23-21-24(19-20-36(23,29)8)41-33(38)30(37)16-18-32(40)43-35(5,6)7/h14-15,22-30,38H,9-13,16-21,37H2,1-8H3/t22-,23-,24-,25?,26?,27-,28+,29+,30+,36+/m1/s1. The second-order valence-electron chi connectivity index (χ2n) is 16.5. The summed E-state index contributed by atoms with van der Waals surface area (Å²) in [6, 6.07) is -0.586. The number of hydrogen-bond donors (Lipinski definition) is 2. The quantitative estimate of drug-likeness (QED) is 0.122. The summed E-state index contributed by atoms with van der Waals surface area (Å²) >= 11 is 0. The molecule has 4 rings (SSSR count). The van der Waals surface area contributed by atoms with Gasteiger partial charge in [-0.2, -0.15) is 0 Å². The lowest BCUT2D eigenvalue weighted by molar-refractivity contribution is -0.156. The number of allylic oxidation sites excluding steroid dienone is 2. The van der Waals surface area contributed by atoms with Crippen molar-refractivity contribution in [2.45, 2.75) is 149 Å². The molecule has 0 aromatic rings. The van der Waals surface area contributed by atoms with Crippen LogP contribution in [0.5, 0.6) is 0 Å². The third-order valence-electron chi connectivity index (χ3n) is 11.1. The van der Waals surface area contributed by atoms with Gasteiger partial charge in [0.2, 0.25) is 0 Å². The van der Waals surface area contributed by atoms with Gasteiger partial charge in [0.1, 0.15) is 17.3 Å². The summed E-state index contributed by atoms with van der Waals surface area (Å²) in [5.74, 6) is 4.26. The smallest absolute Gasteiger partial charge is 0.306 e. The maximum Gasteiger partial charge on any atom is 0.306 e. The molecule has 2 unspecified atom stereocenters. The molecule has 0 saturated heterocycles. The minimum Gasteiger partial charge on any atom is -0.477 e. The average Bonchev–Trinajstić information content (AvgIpc) is 3.33. The van der Waals surface area contributed by atoms with Crippen LogP contribution in [0.3, 0.4) is 0 Å². The molecule has 7 heteroatoms. The highest BCUT2D eigenvalue weighted by atomic mass is 16.6. The maximum atomic E-state index is 12.3. The molecule has 3 saturated carbocycles. The maximum absolute atomic E-state index is 12.3. The largest absolute Gasteiger partial charge is 0.477 e. The molecule has 0 radical (unpaired) electrons. The predicted octanol–water partition coefficient (Wildman–Crippen LogP) is 7.60. The van der Waals surface area contributed by atoms with E-state index in [9.17, 15) is 9.59 Å². The molecule has 4 aliphatic carbocycles. The number of carbonyl (C=O) groups excluding carboxylic acids is 2. The first-order valence-corrected chi connectivity index (χ1v) is 17.1. The predicted molar refractivity (Wildman–Crippen MR) is 170 cm³/mol. The van der Waals surface area contributed by atoms with Crippen LogP contribution < -0.4 is 5.73 Å². The van der Waals surface area contributed by atoms with Gasteiger partial charge in [-0.05, 0) is 146 Å². The number of nitrogens with one attached hydrogen (secondary N) is 1. The summed E-state index contributed by atoms with van der Waals surface area (Å²) in [6.45, 7) is 16.2. The van der Waals surface area contributed by atoms with Gasteiger partial charge in [0.15, 0.2) is 5.90 Å². The monoisotopic (exact) mass is 600 g/mol. The zero-order valence-electron chi connectivity index (χ0n) is 28.2. The highest BCUT2D eigenvalue weighted by Gasteiger charge is 2.55. The van der Waals surface area contributed by atoms with Crippen LogP contribution in [0, 0.1) is 52.2 Å². The summed E-state index contributed by atoms with van der Waals surface area (Å²) in [6.07, 6.45) is 15.3. The lowest BCUT2D eigenvalue weighted by Crippen LogP contribution is -2.51. The summed E-state index contributed by atoms with van der Waals surface area (Å²) in [4.78, 5) is 24.4.